The number of amides is 2. The van der Waals surface area contributed by atoms with Crippen molar-refractivity contribution in [2.75, 3.05) is 11.4 Å². The summed E-state index contributed by atoms with van der Waals surface area (Å²) < 4.78 is 14.7. The standard InChI is InChI=1S/C15H17FN4O/c1-11-9-14-19(7-2-8-20(14)18-11)15(21)17-10-12-3-5-13(16)6-4-12/h3-6,9H,2,7-8,10H2,1H3,(H,17,21). The summed E-state index contributed by atoms with van der Waals surface area (Å²) >= 11 is 0. The number of carbonyl (C=O) groups is 1. The molecule has 0 bridgehead atoms. The smallest absolute Gasteiger partial charge is 0.323 e. The van der Waals surface area contributed by atoms with Crippen molar-refractivity contribution in [3.05, 3.63) is 47.4 Å². The SMILES string of the molecule is Cc1cc2n(n1)CCCN2C(=O)NCc1ccc(F)cc1. The fraction of sp³-hybridized carbons (Fsp3) is 0.333. The highest BCUT2D eigenvalue weighted by Crippen LogP contribution is 2.21. The average Bonchev–Trinajstić information content (AvgIpc) is 2.86. The Kier molecular flexibility index (Phi) is 3.60. The van der Waals surface area contributed by atoms with Gasteiger partial charge in [0.15, 0.2) is 0 Å². The van der Waals surface area contributed by atoms with Crippen LogP contribution in [-0.2, 0) is 13.1 Å². The van der Waals surface area contributed by atoms with Gasteiger partial charge in [0.05, 0.1) is 5.69 Å². The molecule has 0 spiro atoms. The fourth-order valence-electron chi connectivity index (χ4n) is 2.49. The van der Waals surface area contributed by atoms with Crippen LogP contribution in [0.15, 0.2) is 30.3 Å². The Bertz CT molecular complexity index is 650. The number of hydrogen-bond acceptors (Lipinski definition) is 2. The highest BCUT2D eigenvalue weighted by Gasteiger charge is 2.23. The van der Waals surface area contributed by atoms with Gasteiger partial charge in [-0.05, 0) is 31.0 Å². The van der Waals surface area contributed by atoms with Crippen LogP contribution in [0.1, 0.15) is 17.7 Å². The third-order valence-corrected chi connectivity index (χ3v) is 3.51. The van der Waals surface area contributed by atoms with Gasteiger partial charge < -0.3 is 5.32 Å². The summed E-state index contributed by atoms with van der Waals surface area (Å²) in [5.41, 5.74) is 1.77. The first-order valence-corrected chi connectivity index (χ1v) is 6.98. The second-order valence-corrected chi connectivity index (χ2v) is 5.16. The Morgan fingerprint density at radius 3 is 2.86 bits per heavy atom. The van der Waals surface area contributed by atoms with E-state index in [0.717, 1.165) is 30.0 Å². The van der Waals surface area contributed by atoms with E-state index in [1.54, 1.807) is 17.0 Å². The third-order valence-electron chi connectivity index (χ3n) is 3.51. The van der Waals surface area contributed by atoms with E-state index in [-0.39, 0.29) is 11.8 Å². The molecule has 0 saturated carbocycles. The number of hydrogen-bond donors (Lipinski definition) is 1. The molecule has 2 amide bonds. The van der Waals surface area contributed by atoms with Crippen LogP contribution in [0.4, 0.5) is 15.0 Å². The van der Waals surface area contributed by atoms with Gasteiger partial charge in [-0.3, -0.25) is 4.90 Å². The minimum absolute atomic E-state index is 0.153. The molecule has 0 radical (unpaired) electrons. The summed E-state index contributed by atoms with van der Waals surface area (Å²) in [4.78, 5) is 14.0. The number of nitrogens with zero attached hydrogens (tertiary/aromatic N) is 3. The van der Waals surface area contributed by atoms with Crippen molar-refractivity contribution in [1.82, 2.24) is 15.1 Å². The number of anilines is 1. The molecule has 1 aliphatic rings. The maximum Gasteiger partial charge on any atom is 0.323 e. The molecule has 1 N–H and O–H groups in total. The van der Waals surface area contributed by atoms with Gasteiger partial charge in [-0.25, -0.2) is 13.9 Å². The minimum atomic E-state index is -0.277. The van der Waals surface area contributed by atoms with Crippen LogP contribution < -0.4 is 10.2 Å². The summed E-state index contributed by atoms with van der Waals surface area (Å²) in [6.45, 7) is 3.81. The molecule has 2 aromatic rings. The summed E-state index contributed by atoms with van der Waals surface area (Å²) in [7, 11) is 0. The Hall–Kier alpha value is -2.37. The number of carbonyl (C=O) groups excluding carboxylic acids is 1. The van der Waals surface area contributed by atoms with Crippen molar-refractivity contribution in [3.8, 4) is 0 Å². The van der Waals surface area contributed by atoms with E-state index in [2.05, 4.69) is 10.4 Å². The van der Waals surface area contributed by atoms with Crippen molar-refractivity contribution in [2.45, 2.75) is 26.4 Å². The summed E-state index contributed by atoms with van der Waals surface area (Å²) in [6, 6.07) is 7.87. The predicted octanol–water partition coefficient (Wildman–Crippen LogP) is 2.45. The first kappa shape index (κ1) is 13.6. The van der Waals surface area contributed by atoms with Gasteiger partial charge in [0.1, 0.15) is 11.6 Å². The van der Waals surface area contributed by atoms with E-state index in [4.69, 9.17) is 0 Å². The number of halogens is 1. The maximum atomic E-state index is 12.8. The molecule has 1 aliphatic heterocycles. The molecule has 1 aromatic carbocycles. The quantitative estimate of drug-likeness (QED) is 0.923. The lowest BCUT2D eigenvalue weighted by molar-refractivity contribution is 0.244. The van der Waals surface area contributed by atoms with Gasteiger partial charge in [0.2, 0.25) is 0 Å². The van der Waals surface area contributed by atoms with Crippen molar-refractivity contribution in [1.29, 1.82) is 0 Å². The molecule has 1 aromatic heterocycles. The second-order valence-electron chi connectivity index (χ2n) is 5.16. The number of aromatic nitrogens is 2. The molecule has 5 nitrogen and oxygen atoms in total. The van der Waals surface area contributed by atoms with Gasteiger partial charge in [-0.1, -0.05) is 12.1 Å². The summed E-state index contributed by atoms with van der Waals surface area (Å²) in [6.07, 6.45) is 0.887. The van der Waals surface area contributed by atoms with E-state index < -0.39 is 0 Å². The lowest BCUT2D eigenvalue weighted by atomic mass is 10.2. The van der Waals surface area contributed by atoms with Crippen molar-refractivity contribution in [3.63, 3.8) is 0 Å². The van der Waals surface area contributed by atoms with E-state index in [9.17, 15) is 9.18 Å². The molecule has 0 atom stereocenters. The molecule has 2 heterocycles. The van der Waals surface area contributed by atoms with Crippen molar-refractivity contribution in [2.24, 2.45) is 0 Å². The van der Waals surface area contributed by atoms with Crippen molar-refractivity contribution >= 4 is 11.8 Å². The zero-order valence-corrected chi connectivity index (χ0v) is 11.8. The van der Waals surface area contributed by atoms with E-state index >= 15 is 0 Å². The zero-order chi connectivity index (χ0) is 14.8. The first-order valence-electron chi connectivity index (χ1n) is 6.98. The third kappa shape index (κ3) is 2.89. The molecule has 110 valence electrons. The number of rotatable bonds is 2. The molecular formula is C15H17FN4O. The monoisotopic (exact) mass is 288 g/mol. The summed E-state index contributed by atoms with van der Waals surface area (Å²) in [5.74, 6) is 0.552. The first-order chi connectivity index (χ1) is 10.1. The highest BCUT2D eigenvalue weighted by molar-refractivity contribution is 5.91. The number of aryl methyl sites for hydroxylation is 2. The van der Waals surface area contributed by atoms with Gasteiger partial charge in [-0.2, -0.15) is 5.10 Å². The Morgan fingerprint density at radius 2 is 2.10 bits per heavy atom. The van der Waals surface area contributed by atoms with Gasteiger partial charge >= 0.3 is 6.03 Å². The van der Waals surface area contributed by atoms with Crippen molar-refractivity contribution < 1.29 is 9.18 Å². The number of fused-ring (bicyclic) bond motifs is 1. The number of nitrogens with one attached hydrogen (secondary N) is 1. The Labute approximate surface area is 122 Å². The van der Waals surface area contributed by atoms with Crippen LogP contribution in [0.25, 0.3) is 0 Å². The average molecular weight is 288 g/mol. The van der Waals surface area contributed by atoms with Crippen LogP contribution >= 0.6 is 0 Å². The Balaban J connectivity index is 1.67. The predicted molar refractivity (Wildman–Crippen MR) is 77.6 cm³/mol. The highest BCUT2D eigenvalue weighted by atomic mass is 19.1. The molecule has 6 heteroatoms. The van der Waals surface area contributed by atoms with Crippen LogP contribution in [0.5, 0.6) is 0 Å². The molecular weight excluding hydrogens is 271 g/mol. The van der Waals surface area contributed by atoms with Gasteiger partial charge in [-0.15, -0.1) is 0 Å². The van der Waals surface area contributed by atoms with Gasteiger partial charge in [0.25, 0.3) is 0 Å². The normalized spacial score (nSPS) is 13.9. The number of urea groups is 1. The van der Waals surface area contributed by atoms with E-state index in [1.165, 1.54) is 12.1 Å². The van der Waals surface area contributed by atoms with Crippen LogP contribution in [0, 0.1) is 12.7 Å². The molecule has 0 fully saturated rings. The number of benzene rings is 1. The van der Waals surface area contributed by atoms with Gasteiger partial charge in [0, 0.05) is 25.7 Å². The van der Waals surface area contributed by atoms with E-state index in [0.29, 0.717) is 13.1 Å². The lowest BCUT2D eigenvalue weighted by Gasteiger charge is -2.27. The fourth-order valence-corrected chi connectivity index (χ4v) is 2.49. The van der Waals surface area contributed by atoms with Crippen LogP contribution in [0.3, 0.4) is 0 Å². The second kappa shape index (κ2) is 5.55. The Morgan fingerprint density at radius 1 is 1.33 bits per heavy atom. The largest absolute Gasteiger partial charge is 0.334 e. The summed E-state index contributed by atoms with van der Waals surface area (Å²) in [5, 5.41) is 7.23. The van der Waals surface area contributed by atoms with E-state index in [1.807, 2.05) is 17.7 Å². The molecule has 0 saturated heterocycles. The van der Waals surface area contributed by atoms with Crippen LogP contribution in [-0.4, -0.2) is 22.4 Å². The maximum absolute atomic E-state index is 12.8. The molecule has 0 aliphatic carbocycles. The van der Waals surface area contributed by atoms with Crippen LogP contribution in [0.2, 0.25) is 0 Å². The minimum Gasteiger partial charge on any atom is -0.334 e. The molecule has 0 unspecified atom stereocenters. The lowest BCUT2D eigenvalue weighted by Crippen LogP contribution is -2.43. The topological polar surface area (TPSA) is 50.2 Å². The molecule has 21 heavy (non-hydrogen) atoms. The molecule has 3 rings (SSSR count). The zero-order valence-electron chi connectivity index (χ0n) is 11.8.